The van der Waals surface area contributed by atoms with Gasteiger partial charge in [0.15, 0.2) is 5.53 Å². The number of nitrogens with zero attached hydrogens (tertiary/aromatic N) is 4. The molecule has 0 aliphatic rings. The summed E-state index contributed by atoms with van der Waals surface area (Å²) in [6.07, 6.45) is 0. The zero-order chi connectivity index (χ0) is 9.56. The summed E-state index contributed by atoms with van der Waals surface area (Å²) in [7, 11) is 0. The molecule has 0 unspecified atom stereocenters. The molecule has 1 rings (SSSR count). The average molecular weight is 246 g/mol. The maximum absolute atomic E-state index is 7.08. The molecule has 1 aromatic rings. The van der Waals surface area contributed by atoms with Gasteiger partial charge in [0.1, 0.15) is 0 Å². The van der Waals surface area contributed by atoms with Crippen molar-refractivity contribution in [2.75, 3.05) is 0 Å². The van der Waals surface area contributed by atoms with E-state index in [1.54, 1.807) is 0 Å². The third kappa shape index (κ3) is 5.33. The molecule has 0 aliphatic heterocycles. The molecule has 0 atom stereocenters. The van der Waals surface area contributed by atoms with Crippen LogP contribution < -0.4 is 0 Å². The van der Waals surface area contributed by atoms with Crippen molar-refractivity contribution in [1.82, 2.24) is 15.0 Å². The van der Waals surface area contributed by atoms with Crippen molar-refractivity contribution in [3.63, 3.8) is 0 Å². The van der Waals surface area contributed by atoms with Gasteiger partial charge in [0.2, 0.25) is 15.9 Å². The molecule has 64 valence electrons. The van der Waals surface area contributed by atoms with E-state index in [1.165, 1.54) is 5.53 Å². The highest BCUT2D eigenvalue weighted by molar-refractivity contribution is 6.33. The number of aromatic nitrogens is 3. The molecular weight excluding hydrogens is 246 g/mol. The monoisotopic (exact) mass is 244 g/mol. The highest BCUT2D eigenvalue weighted by atomic mass is 35.5. The van der Waals surface area contributed by atoms with Crippen molar-refractivity contribution >= 4 is 46.4 Å². The molecule has 0 amide bonds. The van der Waals surface area contributed by atoms with Crippen molar-refractivity contribution in [1.29, 1.82) is 5.26 Å². The third-order valence-corrected chi connectivity index (χ3v) is 1.06. The molecule has 0 fully saturated rings. The lowest BCUT2D eigenvalue weighted by Gasteiger charge is -1.88. The van der Waals surface area contributed by atoms with Gasteiger partial charge in [-0.25, -0.2) is 0 Å². The molecule has 0 saturated carbocycles. The first kappa shape index (κ1) is 11.7. The van der Waals surface area contributed by atoms with Crippen LogP contribution in [0.1, 0.15) is 0 Å². The molecule has 8 heteroatoms. The molecule has 0 aromatic carbocycles. The Kier molecular flexibility index (Phi) is 6.03. The Morgan fingerprint density at radius 3 is 1.25 bits per heavy atom. The minimum atomic E-state index is 0.000000000000000444. The molecule has 12 heavy (non-hydrogen) atoms. The van der Waals surface area contributed by atoms with Crippen LogP contribution in [0.5, 0.6) is 0 Å². The van der Waals surface area contributed by atoms with Crippen LogP contribution in [0.2, 0.25) is 15.9 Å². The van der Waals surface area contributed by atoms with E-state index >= 15 is 0 Å². The van der Waals surface area contributed by atoms with Crippen LogP contribution in [0.15, 0.2) is 0 Å². The molecule has 0 N–H and O–H groups in total. The topological polar surface area (TPSA) is 62.5 Å². The summed E-state index contributed by atoms with van der Waals surface area (Å²) in [6.45, 7) is 0. The quantitative estimate of drug-likeness (QED) is 0.705. The first-order chi connectivity index (χ1) is 5.60. The second-order valence-corrected chi connectivity index (χ2v) is 2.41. The van der Waals surface area contributed by atoms with E-state index in [0.29, 0.717) is 0 Å². The molecule has 0 radical (unpaired) electrons. The van der Waals surface area contributed by atoms with Crippen molar-refractivity contribution < 1.29 is 0 Å². The van der Waals surface area contributed by atoms with Crippen LogP contribution >= 0.6 is 46.4 Å². The minimum absolute atomic E-state index is 0.000000000000000444. The summed E-state index contributed by atoms with van der Waals surface area (Å²) in [4.78, 5) is 10.4. The van der Waals surface area contributed by atoms with Crippen LogP contribution in [-0.4, -0.2) is 15.0 Å². The second kappa shape index (κ2) is 6.21. The Labute approximate surface area is 88.1 Å². The van der Waals surface area contributed by atoms with Gasteiger partial charge in [0, 0.05) is 11.6 Å². The summed E-state index contributed by atoms with van der Waals surface area (Å²) in [5, 5.41) is 7.08. The maximum Gasteiger partial charge on any atom is 0.227 e. The van der Waals surface area contributed by atoms with Gasteiger partial charge in [0.25, 0.3) is 0 Å². The molecule has 1 aromatic heterocycles. The van der Waals surface area contributed by atoms with E-state index in [-0.39, 0.29) is 15.9 Å². The first-order valence-corrected chi connectivity index (χ1v) is 3.83. The predicted molar refractivity (Wildman–Crippen MR) is 46.3 cm³/mol. The third-order valence-electron chi connectivity index (χ3n) is 0.554. The molecular formula is C4Cl4N4. The van der Waals surface area contributed by atoms with Crippen LogP contribution in [0, 0.1) is 10.8 Å². The van der Waals surface area contributed by atoms with Gasteiger partial charge in [-0.05, 0) is 34.8 Å². The Hall–Kier alpha value is -0.340. The van der Waals surface area contributed by atoms with Gasteiger partial charge in [-0.3, -0.25) is 0 Å². The highest BCUT2D eigenvalue weighted by Crippen LogP contribution is 2.08. The predicted octanol–water partition coefficient (Wildman–Crippen LogP) is 2.54. The minimum Gasteiger partial charge on any atom is -0.187 e. The van der Waals surface area contributed by atoms with E-state index in [4.69, 9.17) is 40.1 Å². The fourth-order valence-electron chi connectivity index (χ4n) is 0.303. The molecule has 0 bridgehead atoms. The number of halogens is 4. The van der Waals surface area contributed by atoms with Gasteiger partial charge >= 0.3 is 0 Å². The smallest absolute Gasteiger partial charge is 0.187 e. The Morgan fingerprint density at radius 2 is 1.08 bits per heavy atom. The van der Waals surface area contributed by atoms with Gasteiger partial charge in [-0.15, -0.1) is 0 Å². The van der Waals surface area contributed by atoms with Gasteiger partial charge < -0.3 is 0 Å². The van der Waals surface area contributed by atoms with E-state index in [9.17, 15) is 0 Å². The summed E-state index contributed by atoms with van der Waals surface area (Å²) < 4.78 is 0. The van der Waals surface area contributed by atoms with Gasteiger partial charge in [-0.1, -0.05) is 0 Å². The summed E-state index contributed by atoms with van der Waals surface area (Å²) in [5.74, 6) is 0. The van der Waals surface area contributed by atoms with E-state index < -0.39 is 0 Å². The lowest BCUT2D eigenvalue weighted by Crippen LogP contribution is -1.87. The van der Waals surface area contributed by atoms with Gasteiger partial charge in [0.05, 0.1) is 0 Å². The first-order valence-electron chi connectivity index (χ1n) is 2.32. The SMILES string of the molecule is Clc1nc(Cl)nc(Cl)n1.N#CCl. The zero-order valence-corrected chi connectivity index (χ0v) is 8.32. The Bertz CT molecular complexity index is 245. The van der Waals surface area contributed by atoms with Crippen molar-refractivity contribution in [3.8, 4) is 5.53 Å². The fourth-order valence-corrected chi connectivity index (χ4v) is 0.913. The molecule has 4 nitrogen and oxygen atoms in total. The standard InChI is InChI=1S/C3Cl3N3.CClN/c4-1-7-2(5)9-3(6)8-1;2-1-3. The van der Waals surface area contributed by atoms with Crippen molar-refractivity contribution in [2.45, 2.75) is 0 Å². The number of hydrogen-bond donors (Lipinski definition) is 0. The van der Waals surface area contributed by atoms with Crippen molar-refractivity contribution in [2.24, 2.45) is 0 Å². The van der Waals surface area contributed by atoms with Crippen molar-refractivity contribution in [3.05, 3.63) is 15.9 Å². The van der Waals surface area contributed by atoms with E-state index in [2.05, 4.69) is 26.6 Å². The normalized spacial score (nSPS) is 7.92. The summed E-state index contributed by atoms with van der Waals surface area (Å²) >= 11 is 20.3. The lowest BCUT2D eigenvalue weighted by molar-refractivity contribution is 1.05. The van der Waals surface area contributed by atoms with Crippen LogP contribution in [-0.2, 0) is 0 Å². The zero-order valence-electron chi connectivity index (χ0n) is 5.30. The van der Waals surface area contributed by atoms with E-state index in [1.807, 2.05) is 0 Å². The number of hydrogen-bond acceptors (Lipinski definition) is 4. The fraction of sp³-hybridized carbons (Fsp3) is 0. The Balaban J connectivity index is 0.000000354. The number of nitriles is 1. The molecule has 0 aliphatic carbocycles. The highest BCUT2D eigenvalue weighted by Gasteiger charge is 1.97. The molecule has 0 saturated heterocycles. The molecule has 1 heterocycles. The maximum atomic E-state index is 7.08. The van der Waals surface area contributed by atoms with Gasteiger partial charge in [-0.2, -0.15) is 20.2 Å². The average Bonchev–Trinajstić information content (AvgIpc) is 1.84. The van der Waals surface area contributed by atoms with Crippen LogP contribution in [0.25, 0.3) is 0 Å². The van der Waals surface area contributed by atoms with Crippen LogP contribution in [0.4, 0.5) is 0 Å². The van der Waals surface area contributed by atoms with Crippen LogP contribution in [0.3, 0.4) is 0 Å². The lowest BCUT2D eigenvalue weighted by atomic mass is 11.1. The second-order valence-electron chi connectivity index (χ2n) is 1.23. The van der Waals surface area contributed by atoms with E-state index in [0.717, 1.165) is 0 Å². The summed E-state index contributed by atoms with van der Waals surface area (Å²) in [6, 6.07) is 0. The Morgan fingerprint density at radius 1 is 0.917 bits per heavy atom. The molecule has 0 spiro atoms. The number of rotatable bonds is 0. The summed E-state index contributed by atoms with van der Waals surface area (Å²) in [5.41, 5.74) is 1.22. The largest absolute Gasteiger partial charge is 0.227 e.